The van der Waals surface area contributed by atoms with Gasteiger partial charge in [0.15, 0.2) is 11.5 Å². The fourth-order valence-electron chi connectivity index (χ4n) is 3.45. The van der Waals surface area contributed by atoms with E-state index in [1.54, 1.807) is 12.1 Å². The molecule has 0 atom stereocenters. The average Bonchev–Trinajstić information content (AvgIpc) is 2.72. The van der Waals surface area contributed by atoms with Crippen molar-refractivity contribution >= 4 is 27.3 Å². The van der Waals surface area contributed by atoms with E-state index in [-0.39, 0.29) is 10.8 Å². The minimum atomic E-state index is -3.81. The molecular formula is C22H28N2O5S. The number of hydrogen-bond donors (Lipinski definition) is 1. The lowest BCUT2D eigenvalue weighted by molar-refractivity contribution is -0.118. The molecule has 2 aromatic carbocycles. The number of carbonyl (C=O) groups excluding carboxylic acids is 1. The number of nitrogens with one attached hydrogen (secondary N) is 1. The lowest BCUT2D eigenvalue weighted by atomic mass is 9.99. The largest absolute Gasteiger partial charge is 0.493 e. The molecule has 3 rings (SSSR count). The van der Waals surface area contributed by atoms with Crippen molar-refractivity contribution in [2.75, 3.05) is 30.4 Å². The van der Waals surface area contributed by atoms with Crippen molar-refractivity contribution in [3.8, 4) is 11.5 Å². The van der Waals surface area contributed by atoms with Crippen molar-refractivity contribution in [2.45, 2.75) is 38.0 Å². The molecule has 1 N–H and O–H groups in total. The molecule has 0 spiro atoms. The van der Waals surface area contributed by atoms with Crippen molar-refractivity contribution in [1.29, 1.82) is 0 Å². The van der Waals surface area contributed by atoms with Gasteiger partial charge < -0.3 is 14.4 Å². The second-order valence-corrected chi connectivity index (χ2v) is 9.38. The SMILES string of the molecule is COc1ccc(S(=O)(=O)Nc2ccc3c(c2)CCC(=O)N3CCC(C)C)cc1OC. The molecule has 2 aromatic rings. The van der Waals surface area contributed by atoms with Gasteiger partial charge in [-0.25, -0.2) is 8.42 Å². The zero-order valence-electron chi connectivity index (χ0n) is 17.8. The van der Waals surface area contributed by atoms with Crippen LogP contribution in [0.2, 0.25) is 0 Å². The summed E-state index contributed by atoms with van der Waals surface area (Å²) in [4.78, 5) is 14.3. The van der Waals surface area contributed by atoms with Gasteiger partial charge in [-0.05, 0) is 54.7 Å². The molecular weight excluding hydrogens is 404 g/mol. The molecule has 1 heterocycles. The first-order valence-corrected chi connectivity index (χ1v) is 11.4. The predicted molar refractivity (Wildman–Crippen MR) is 117 cm³/mol. The van der Waals surface area contributed by atoms with Crippen molar-refractivity contribution in [3.05, 3.63) is 42.0 Å². The fourth-order valence-corrected chi connectivity index (χ4v) is 4.52. The van der Waals surface area contributed by atoms with Gasteiger partial charge in [-0.2, -0.15) is 0 Å². The number of fused-ring (bicyclic) bond motifs is 1. The number of benzene rings is 2. The van der Waals surface area contributed by atoms with E-state index in [1.807, 2.05) is 17.0 Å². The van der Waals surface area contributed by atoms with Crippen LogP contribution in [0.15, 0.2) is 41.3 Å². The standard InChI is InChI=1S/C22H28N2O5S/c1-15(2)11-12-24-19-8-6-17(13-16(19)5-10-22(24)25)23-30(26,27)18-7-9-20(28-3)21(14-18)29-4/h6-9,13-15,23H,5,10-12H2,1-4H3. The summed E-state index contributed by atoms with van der Waals surface area (Å²) < 4.78 is 38.7. The van der Waals surface area contributed by atoms with Gasteiger partial charge >= 0.3 is 0 Å². The van der Waals surface area contributed by atoms with Crippen LogP contribution in [-0.2, 0) is 21.2 Å². The number of anilines is 2. The van der Waals surface area contributed by atoms with E-state index in [0.29, 0.717) is 42.5 Å². The van der Waals surface area contributed by atoms with Gasteiger partial charge in [-0.15, -0.1) is 0 Å². The number of nitrogens with zero attached hydrogens (tertiary/aromatic N) is 1. The summed E-state index contributed by atoms with van der Waals surface area (Å²) in [5.74, 6) is 1.40. The first-order chi connectivity index (χ1) is 14.2. The van der Waals surface area contributed by atoms with Crippen LogP contribution in [0.1, 0.15) is 32.3 Å². The minimum absolute atomic E-state index is 0.0756. The molecule has 0 radical (unpaired) electrons. The summed E-state index contributed by atoms with van der Waals surface area (Å²) in [7, 11) is -0.861. The highest BCUT2D eigenvalue weighted by atomic mass is 32.2. The average molecular weight is 433 g/mol. The van der Waals surface area contributed by atoms with E-state index >= 15 is 0 Å². The Bertz CT molecular complexity index is 1030. The Morgan fingerprint density at radius 2 is 1.77 bits per heavy atom. The number of aryl methyl sites for hydroxylation is 1. The van der Waals surface area contributed by atoms with Crippen LogP contribution >= 0.6 is 0 Å². The quantitative estimate of drug-likeness (QED) is 0.685. The number of rotatable bonds is 8. The van der Waals surface area contributed by atoms with Crippen molar-refractivity contribution in [1.82, 2.24) is 0 Å². The number of ether oxygens (including phenoxy) is 2. The monoisotopic (exact) mass is 432 g/mol. The van der Waals surface area contributed by atoms with Gasteiger partial charge in [0.05, 0.1) is 19.1 Å². The Kier molecular flexibility index (Phi) is 6.55. The van der Waals surface area contributed by atoms with E-state index < -0.39 is 10.0 Å². The summed E-state index contributed by atoms with van der Waals surface area (Å²) in [6.07, 6.45) is 1.94. The first-order valence-electron chi connectivity index (χ1n) is 9.93. The zero-order chi connectivity index (χ0) is 21.9. The second-order valence-electron chi connectivity index (χ2n) is 7.69. The van der Waals surface area contributed by atoms with Crippen LogP contribution in [-0.4, -0.2) is 35.1 Å². The van der Waals surface area contributed by atoms with E-state index in [1.165, 1.54) is 26.4 Å². The summed E-state index contributed by atoms with van der Waals surface area (Å²) >= 11 is 0. The summed E-state index contributed by atoms with van der Waals surface area (Å²) in [6, 6.07) is 9.76. The second kappa shape index (κ2) is 8.95. The van der Waals surface area contributed by atoms with Crippen molar-refractivity contribution in [2.24, 2.45) is 5.92 Å². The van der Waals surface area contributed by atoms with Gasteiger partial charge in [-0.1, -0.05) is 13.8 Å². The number of methoxy groups -OCH3 is 2. The molecule has 0 fully saturated rings. The van der Waals surface area contributed by atoms with Gasteiger partial charge in [-0.3, -0.25) is 9.52 Å². The Morgan fingerprint density at radius 3 is 2.43 bits per heavy atom. The molecule has 0 unspecified atom stereocenters. The third-order valence-corrected chi connectivity index (χ3v) is 6.51. The van der Waals surface area contributed by atoms with E-state index in [0.717, 1.165) is 17.7 Å². The summed E-state index contributed by atoms with van der Waals surface area (Å²) in [6.45, 7) is 4.92. The topological polar surface area (TPSA) is 84.9 Å². The lowest BCUT2D eigenvalue weighted by Crippen LogP contribution is -2.36. The van der Waals surface area contributed by atoms with Crippen LogP contribution < -0.4 is 19.1 Å². The number of sulfonamides is 1. The lowest BCUT2D eigenvalue weighted by Gasteiger charge is -2.30. The molecule has 1 aliphatic heterocycles. The Balaban J connectivity index is 1.85. The molecule has 1 amide bonds. The first kappa shape index (κ1) is 22.0. The maximum Gasteiger partial charge on any atom is 0.262 e. The predicted octanol–water partition coefficient (Wildman–Crippen LogP) is 3.83. The smallest absolute Gasteiger partial charge is 0.262 e. The molecule has 30 heavy (non-hydrogen) atoms. The minimum Gasteiger partial charge on any atom is -0.493 e. The molecule has 1 aliphatic rings. The molecule has 0 aliphatic carbocycles. The molecule has 0 bridgehead atoms. The highest BCUT2D eigenvalue weighted by Crippen LogP contribution is 2.33. The van der Waals surface area contributed by atoms with Gasteiger partial charge in [0, 0.05) is 30.4 Å². The Morgan fingerprint density at radius 1 is 1.03 bits per heavy atom. The zero-order valence-corrected chi connectivity index (χ0v) is 18.6. The van der Waals surface area contributed by atoms with Crippen LogP contribution in [0.5, 0.6) is 11.5 Å². The van der Waals surface area contributed by atoms with E-state index in [9.17, 15) is 13.2 Å². The molecule has 0 saturated carbocycles. The number of amides is 1. The van der Waals surface area contributed by atoms with Crippen LogP contribution in [0, 0.1) is 5.92 Å². The van der Waals surface area contributed by atoms with Crippen LogP contribution in [0.25, 0.3) is 0 Å². The molecule has 8 heteroatoms. The molecule has 0 aromatic heterocycles. The van der Waals surface area contributed by atoms with Gasteiger partial charge in [0.25, 0.3) is 10.0 Å². The Hall–Kier alpha value is -2.74. The maximum absolute atomic E-state index is 12.9. The van der Waals surface area contributed by atoms with Gasteiger partial charge in [0.2, 0.25) is 5.91 Å². The highest BCUT2D eigenvalue weighted by Gasteiger charge is 2.25. The normalized spacial score (nSPS) is 13.9. The molecule has 7 nitrogen and oxygen atoms in total. The van der Waals surface area contributed by atoms with Crippen LogP contribution in [0.3, 0.4) is 0 Å². The summed E-state index contributed by atoms with van der Waals surface area (Å²) in [5.41, 5.74) is 2.29. The van der Waals surface area contributed by atoms with E-state index in [2.05, 4.69) is 18.6 Å². The number of carbonyl (C=O) groups is 1. The fraction of sp³-hybridized carbons (Fsp3) is 0.409. The third kappa shape index (κ3) is 4.70. The van der Waals surface area contributed by atoms with Gasteiger partial charge in [0.1, 0.15) is 0 Å². The Labute approximate surface area is 178 Å². The highest BCUT2D eigenvalue weighted by molar-refractivity contribution is 7.92. The van der Waals surface area contributed by atoms with Crippen LogP contribution in [0.4, 0.5) is 11.4 Å². The molecule has 162 valence electrons. The third-order valence-electron chi connectivity index (χ3n) is 5.13. The summed E-state index contributed by atoms with van der Waals surface area (Å²) in [5, 5.41) is 0. The van der Waals surface area contributed by atoms with Crippen molar-refractivity contribution in [3.63, 3.8) is 0 Å². The maximum atomic E-state index is 12.9. The molecule has 0 saturated heterocycles. The van der Waals surface area contributed by atoms with E-state index in [4.69, 9.17) is 9.47 Å². The number of hydrogen-bond acceptors (Lipinski definition) is 5. The van der Waals surface area contributed by atoms with Crippen molar-refractivity contribution < 1.29 is 22.7 Å².